The lowest BCUT2D eigenvalue weighted by Gasteiger charge is -2.16. The van der Waals surface area contributed by atoms with Gasteiger partial charge in [-0.3, -0.25) is 4.79 Å². The zero-order valence-corrected chi connectivity index (χ0v) is 11.3. The van der Waals surface area contributed by atoms with Crippen molar-refractivity contribution in [3.8, 4) is 6.07 Å². The van der Waals surface area contributed by atoms with Gasteiger partial charge in [0, 0.05) is 18.2 Å². The minimum atomic E-state index is -0.161. The molecular weight excluding hydrogens is 250 g/mol. The van der Waals surface area contributed by atoms with E-state index in [4.69, 9.17) is 11.0 Å². The summed E-state index contributed by atoms with van der Waals surface area (Å²) in [6.45, 7) is 4.48. The van der Waals surface area contributed by atoms with Gasteiger partial charge in [0.05, 0.1) is 11.6 Å². The predicted molar refractivity (Wildman–Crippen MR) is 73.6 cm³/mol. The molecule has 0 spiro atoms. The second kappa shape index (κ2) is 7.70. The van der Waals surface area contributed by atoms with Gasteiger partial charge in [-0.25, -0.2) is 0 Å². The Balaban J connectivity index is 0.00000289. The van der Waals surface area contributed by atoms with Crippen LogP contribution in [0.5, 0.6) is 0 Å². The molecule has 5 heteroatoms. The smallest absolute Gasteiger partial charge is 0.251 e. The molecule has 0 fully saturated rings. The van der Waals surface area contributed by atoms with Gasteiger partial charge in [0.2, 0.25) is 0 Å². The van der Waals surface area contributed by atoms with E-state index < -0.39 is 0 Å². The molecule has 0 heterocycles. The first-order valence-corrected chi connectivity index (χ1v) is 5.58. The van der Waals surface area contributed by atoms with E-state index in [2.05, 4.69) is 5.32 Å². The molecule has 1 atom stereocenters. The Morgan fingerprint density at radius 3 is 2.39 bits per heavy atom. The van der Waals surface area contributed by atoms with Crippen LogP contribution in [-0.2, 0) is 0 Å². The average Bonchev–Trinajstić information content (AvgIpc) is 2.35. The standard InChI is InChI=1S/C13H17N3O.ClH/c1-9(2)12(15)8-16-13(17)11-5-3-10(7-14)4-6-11;/h3-6,9,12H,8,15H2,1-2H3,(H,16,17);1H/t12-;/m1./s1. The number of hydrogen-bond acceptors (Lipinski definition) is 3. The number of amides is 1. The summed E-state index contributed by atoms with van der Waals surface area (Å²) in [4.78, 5) is 11.7. The SMILES string of the molecule is CC(C)[C@H](N)CNC(=O)c1ccc(C#N)cc1.Cl. The number of nitrogens with two attached hydrogens (primary N) is 1. The van der Waals surface area contributed by atoms with Gasteiger partial charge in [-0.15, -0.1) is 12.4 Å². The van der Waals surface area contributed by atoms with E-state index in [-0.39, 0.29) is 24.4 Å². The van der Waals surface area contributed by atoms with E-state index >= 15 is 0 Å². The monoisotopic (exact) mass is 267 g/mol. The minimum Gasteiger partial charge on any atom is -0.350 e. The van der Waals surface area contributed by atoms with Crippen LogP contribution in [-0.4, -0.2) is 18.5 Å². The second-order valence-corrected chi connectivity index (χ2v) is 4.31. The number of carbonyl (C=O) groups is 1. The molecule has 1 rings (SSSR count). The largest absolute Gasteiger partial charge is 0.350 e. The molecular formula is C13H18ClN3O. The van der Waals surface area contributed by atoms with Crippen molar-refractivity contribution in [1.82, 2.24) is 5.32 Å². The molecule has 98 valence electrons. The van der Waals surface area contributed by atoms with E-state index in [1.165, 1.54) is 0 Å². The van der Waals surface area contributed by atoms with Crippen molar-refractivity contribution in [3.05, 3.63) is 35.4 Å². The Morgan fingerprint density at radius 1 is 1.39 bits per heavy atom. The topological polar surface area (TPSA) is 78.9 Å². The Morgan fingerprint density at radius 2 is 1.94 bits per heavy atom. The van der Waals surface area contributed by atoms with E-state index in [0.29, 0.717) is 23.6 Å². The van der Waals surface area contributed by atoms with Gasteiger partial charge in [-0.1, -0.05) is 13.8 Å². The fourth-order valence-electron chi connectivity index (χ4n) is 1.24. The molecule has 0 bridgehead atoms. The van der Waals surface area contributed by atoms with Crippen LogP contribution >= 0.6 is 12.4 Å². The fraction of sp³-hybridized carbons (Fsp3) is 0.385. The van der Waals surface area contributed by atoms with Crippen molar-refractivity contribution in [2.24, 2.45) is 11.7 Å². The minimum absolute atomic E-state index is 0. The Hall–Kier alpha value is -1.57. The van der Waals surface area contributed by atoms with Gasteiger partial charge in [-0.05, 0) is 30.2 Å². The maximum atomic E-state index is 11.7. The number of halogens is 1. The van der Waals surface area contributed by atoms with Crippen LogP contribution in [0.2, 0.25) is 0 Å². The molecule has 1 amide bonds. The lowest BCUT2D eigenvalue weighted by molar-refractivity contribution is 0.0949. The van der Waals surface area contributed by atoms with Crippen molar-refractivity contribution >= 4 is 18.3 Å². The first-order valence-electron chi connectivity index (χ1n) is 5.58. The quantitative estimate of drug-likeness (QED) is 0.871. The van der Waals surface area contributed by atoms with Gasteiger partial charge in [0.15, 0.2) is 0 Å². The van der Waals surface area contributed by atoms with Crippen LogP contribution in [0.25, 0.3) is 0 Å². The Kier molecular flexibility index (Phi) is 7.03. The highest BCUT2D eigenvalue weighted by molar-refractivity contribution is 5.94. The van der Waals surface area contributed by atoms with Gasteiger partial charge >= 0.3 is 0 Å². The van der Waals surface area contributed by atoms with Gasteiger partial charge in [0.25, 0.3) is 5.91 Å². The molecule has 3 N–H and O–H groups in total. The molecule has 1 aromatic rings. The molecule has 0 aliphatic carbocycles. The lowest BCUT2D eigenvalue weighted by Crippen LogP contribution is -2.40. The van der Waals surface area contributed by atoms with Crippen LogP contribution in [0.1, 0.15) is 29.8 Å². The third-order valence-corrected chi connectivity index (χ3v) is 2.63. The number of nitriles is 1. The molecule has 1 aromatic carbocycles. The zero-order chi connectivity index (χ0) is 12.8. The van der Waals surface area contributed by atoms with Crippen molar-refractivity contribution in [1.29, 1.82) is 5.26 Å². The number of hydrogen-bond donors (Lipinski definition) is 2. The molecule has 0 radical (unpaired) electrons. The molecule has 0 saturated heterocycles. The highest BCUT2D eigenvalue weighted by Gasteiger charge is 2.10. The molecule has 18 heavy (non-hydrogen) atoms. The molecule has 0 aliphatic heterocycles. The summed E-state index contributed by atoms with van der Waals surface area (Å²) < 4.78 is 0. The second-order valence-electron chi connectivity index (χ2n) is 4.31. The first kappa shape index (κ1) is 16.4. The van der Waals surface area contributed by atoms with E-state index in [9.17, 15) is 4.79 Å². The average molecular weight is 268 g/mol. The maximum absolute atomic E-state index is 11.7. The highest BCUT2D eigenvalue weighted by atomic mass is 35.5. The van der Waals surface area contributed by atoms with Crippen LogP contribution in [0.4, 0.5) is 0 Å². The van der Waals surface area contributed by atoms with Gasteiger partial charge in [0.1, 0.15) is 0 Å². The van der Waals surface area contributed by atoms with Crippen molar-refractivity contribution in [2.45, 2.75) is 19.9 Å². The van der Waals surface area contributed by atoms with E-state index in [1.807, 2.05) is 19.9 Å². The highest BCUT2D eigenvalue weighted by Crippen LogP contribution is 2.03. The zero-order valence-electron chi connectivity index (χ0n) is 10.5. The molecule has 0 aromatic heterocycles. The van der Waals surface area contributed by atoms with Crippen LogP contribution < -0.4 is 11.1 Å². The molecule has 0 saturated carbocycles. The van der Waals surface area contributed by atoms with Gasteiger partial charge in [-0.2, -0.15) is 5.26 Å². The maximum Gasteiger partial charge on any atom is 0.251 e. The molecule has 4 nitrogen and oxygen atoms in total. The third-order valence-electron chi connectivity index (χ3n) is 2.63. The summed E-state index contributed by atoms with van der Waals surface area (Å²) in [6, 6.07) is 8.47. The number of carbonyl (C=O) groups excluding carboxylic acids is 1. The van der Waals surface area contributed by atoms with E-state index in [0.717, 1.165) is 0 Å². The number of nitrogens with zero attached hydrogens (tertiary/aromatic N) is 1. The third kappa shape index (κ3) is 4.74. The Labute approximate surface area is 114 Å². The van der Waals surface area contributed by atoms with Crippen LogP contribution in [0.3, 0.4) is 0 Å². The normalized spacial score (nSPS) is 11.3. The first-order chi connectivity index (χ1) is 8.04. The van der Waals surface area contributed by atoms with Crippen LogP contribution in [0, 0.1) is 17.2 Å². The lowest BCUT2D eigenvalue weighted by atomic mass is 10.1. The number of rotatable bonds is 4. The Bertz CT molecular complexity index is 423. The summed E-state index contributed by atoms with van der Waals surface area (Å²) in [5.41, 5.74) is 6.91. The number of nitrogens with one attached hydrogen (secondary N) is 1. The fourth-order valence-corrected chi connectivity index (χ4v) is 1.24. The molecule has 0 aliphatic rings. The molecule has 0 unspecified atom stereocenters. The summed E-state index contributed by atoms with van der Waals surface area (Å²) >= 11 is 0. The number of benzene rings is 1. The van der Waals surface area contributed by atoms with Crippen molar-refractivity contribution < 1.29 is 4.79 Å². The predicted octanol–water partition coefficient (Wildman–Crippen LogP) is 1.69. The van der Waals surface area contributed by atoms with Crippen LogP contribution in [0.15, 0.2) is 24.3 Å². The van der Waals surface area contributed by atoms with E-state index in [1.54, 1.807) is 24.3 Å². The van der Waals surface area contributed by atoms with Gasteiger partial charge < -0.3 is 11.1 Å². The summed E-state index contributed by atoms with van der Waals surface area (Å²) in [5.74, 6) is 0.168. The summed E-state index contributed by atoms with van der Waals surface area (Å²) in [6.07, 6.45) is 0. The van der Waals surface area contributed by atoms with Crippen molar-refractivity contribution in [2.75, 3.05) is 6.54 Å². The van der Waals surface area contributed by atoms with Crippen molar-refractivity contribution in [3.63, 3.8) is 0 Å². The summed E-state index contributed by atoms with van der Waals surface area (Å²) in [5, 5.41) is 11.4. The summed E-state index contributed by atoms with van der Waals surface area (Å²) in [7, 11) is 0.